The number of rotatable bonds is 7. The van der Waals surface area contributed by atoms with E-state index in [1.54, 1.807) is 25.4 Å². The number of hydrazine groups is 2. The number of nitrogens with one attached hydrogen (secondary N) is 3. The van der Waals surface area contributed by atoms with Crippen LogP contribution in [0.5, 0.6) is 11.5 Å². The SMILES string of the molecule is CNc1c(F)ccc(OC)c1OCc1ccco1.NNNC=O. The van der Waals surface area contributed by atoms with Gasteiger partial charge in [-0.05, 0) is 24.3 Å². The predicted octanol–water partition coefficient (Wildman–Crippen LogP) is 1.16. The average Bonchev–Trinajstić information content (AvgIpc) is 3.07. The zero-order valence-corrected chi connectivity index (χ0v) is 12.8. The van der Waals surface area contributed by atoms with E-state index in [2.05, 4.69) is 11.2 Å². The van der Waals surface area contributed by atoms with Crippen molar-refractivity contribution in [3.63, 3.8) is 0 Å². The summed E-state index contributed by atoms with van der Waals surface area (Å²) in [5, 5.41) is 2.76. The number of benzene rings is 1. The van der Waals surface area contributed by atoms with Crippen molar-refractivity contribution in [2.75, 3.05) is 19.5 Å². The lowest BCUT2D eigenvalue weighted by molar-refractivity contribution is -0.110. The number of hydrogen-bond acceptors (Lipinski definition) is 7. The summed E-state index contributed by atoms with van der Waals surface area (Å²) >= 11 is 0. The number of furan rings is 1. The van der Waals surface area contributed by atoms with E-state index >= 15 is 0 Å². The quantitative estimate of drug-likeness (QED) is 0.343. The van der Waals surface area contributed by atoms with Crippen LogP contribution in [-0.4, -0.2) is 20.6 Å². The van der Waals surface area contributed by atoms with Crippen LogP contribution in [-0.2, 0) is 11.4 Å². The summed E-state index contributed by atoms with van der Waals surface area (Å²) in [6, 6.07) is 6.39. The lowest BCUT2D eigenvalue weighted by Crippen LogP contribution is -2.36. The predicted molar refractivity (Wildman–Crippen MR) is 82.1 cm³/mol. The van der Waals surface area contributed by atoms with Crippen molar-refractivity contribution < 1.29 is 23.1 Å². The lowest BCUT2D eigenvalue weighted by Gasteiger charge is -2.14. The molecule has 0 unspecified atom stereocenters. The fourth-order valence-electron chi connectivity index (χ4n) is 1.65. The molecule has 9 heteroatoms. The molecule has 1 heterocycles. The number of ether oxygens (including phenoxy) is 2. The van der Waals surface area contributed by atoms with Gasteiger partial charge in [-0.1, -0.05) is 0 Å². The molecule has 0 atom stereocenters. The molecule has 2 rings (SSSR count). The van der Waals surface area contributed by atoms with Crippen LogP contribution in [0.3, 0.4) is 0 Å². The Morgan fingerprint density at radius 1 is 1.39 bits per heavy atom. The first-order chi connectivity index (χ1) is 11.2. The molecular weight excluding hydrogens is 307 g/mol. The van der Waals surface area contributed by atoms with Crippen molar-refractivity contribution in [2.24, 2.45) is 5.84 Å². The third-order valence-corrected chi connectivity index (χ3v) is 2.62. The molecule has 0 aliphatic rings. The minimum absolute atomic E-state index is 0.210. The molecular formula is C14H19FN4O4. The summed E-state index contributed by atoms with van der Waals surface area (Å²) < 4.78 is 29.5. The van der Waals surface area contributed by atoms with Crippen LogP contribution >= 0.6 is 0 Å². The van der Waals surface area contributed by atoms with Crippen LogP contribution in [0.1, 0.15) is 5.76 Å². The Labute approximate surface area is 132 Å². The third kappa shape index (κ3) is 5.49. The van der Waals surface area contributed by atoms with Gasteiger partial charge in [0.2, 0.25) is 6.41 Å². The first-order valence-corrected chi connectivity index (χ1v) is 6.52. The maximum Gasteiger partial charge on any atom is 0.222 e. The molecule has 0 bridgehead atoms. The van der Waals surface area contributed by atoms with Gasteiger partial charge in [-0.25, -0.2) is 4.39 Å². The molecule has 2 aromatic rings. The van der Waals surface area contributed by atoms with Crippen molar-refractivity contribution in [3.8, 4) is 11.5 Å². The first-order valence-electron chi connectivity index (χ1n) is 6.52. The van der Waals surface area contributed by atoms with Gasteiger partial charge in [0.15, 0.2) is 11.5 Å². The number of carbonyl (C=O) groups is 1. The molecule has 1 amide bonds. The Morgan fingerprint density at radius 2 is 2.17 bits per heavy atom. The summed E-state index contributed by atoms with van der Waals surface area (Å²) in [5.41, 5.74) is 4.12. The van der Waals surface area contributed by atoms with E-state index in [0.29, 0.717) is 23.7 Å². The fraction of sp³-hybridized carbons (Fsp3) is 0.214. The van der Waals surface area contributed by atoms with Crippen molar-refractivity contribution in [2.45, 2.75) is 6.61 Å². The highest BCUT2D eigenvalue weighted by atomic mass is 19.1. The zero-order valence-electron chi connectivity index (χ0n) is 12.8. The van der Waals surface area contributed by atoms with E-state index in [1.807, 2.05) is 11.0 Å². The Balaban J connectivity index is 0.000000463. The van der Waals surface area contributed by atoms with Crippen molar-refractivity contribution in [3.05, 3.63) is 42.1 Å². The standard InChI is InChI=1S/C13H14FNO3.CH5N3O/c1-15-12-10(14)5-6-11(16-2)13(12)18-8-9-4-3-7-17-9;2-4-3-1-5/h3-7,15H,8H2,1-2H3;1,4H,2H2,(H,3,5). The van der Waals surface area contributed by atoms with E-state index in [9.17, 15) is 4.39 Å². The van der Waals surface area contributed by atoms with Gasteiger partial charge in [-0.2, -0.15) is 5.53 Å². The molecule has 0 spiro atoms. The van der Waals surface area contributed by atoms with E-state index < -0.39 is 5.82 Å². The number of hydrogen-bond donors (Lipinski definition) is 4. The van der Waals surface area contributed by atoms with Crippen LogP contribution < -0.4 is 31.6 Å². The van der Waals surface area contributed by atoms with Crippen LogP contribution in [0.25, 0.3) is 0 Å². The topological polar surface area (TPSA) is 111 Å². The first kappa shape index (κ1) is 18.3. The number of amides is 1. The second-order valence-electron chi connectivity index (χ2n) is 3.98. The minimum atomic E-state index is -0.396. The van der Waals surface area contributed by atoms with Gasteiger partial charge in [0.05, 0.1) is 13.4 Å². The highest BCUT2D eigenvalue weighted by molar-refractivity contribution is 5.63. The second-order valence-corrected chi connectivity index (χ2v) is 3.98. The Morgan fingerprint density at radius 3 is 2.65 bits per heavy atom. The van der Waals surface area contributed by atoms with Gasteiger partial charge < -0.3 is 19.2 Å². The minimum Gasteiger partial charge on any atom is -0.493 e. The van der Waals surface area contributed by atoms with E-state index in [0.717, 1.165) is 0 Å². The van der Waals surface area contributed by atoms with Crippen LogP contribution in [0.4, 0.5) is 10.1 Å². The maximum atomic E-state index is 13.6. The zero-order chi connectivity index (χ0) is 17.1. The molecule has 0 aliphatic carbocycles. The molecule has 0 saturated heterocycles. The third-order valence-electron chi connectivity index (χ3n) is 2.62. The summed E-state index contributed by atoms with van der Waals surface area (Å²) in [4.78, 5) is 9.15. The molecule has 23 heavy (non-hydrogen) atoms. The smallest absolute Gasteiger partial charge is 0.222 e. The number of carbonyl (C=O) groups excluding carboxylic acids is 1. The van der Waals surface area contributed by atoms with Gasteiger partial charge in [0.1, 0.15) is 23.9 Å². The maximum absolute atomic E-state index is 13.6. The van der Waals surface area contributed by atoms with Gasteiger partial charge in [-0.15, -0.1) is 0 Å². The van der Waals surface area contributed by atoms with E-state index in [1.165, 1.54) is 19.2 Å². The van der Waals surface area contributed by atoms with E-state index in [-0.39, 0.29) is 12.3 Å². The van der Waals surface area contributed by atoms with Gasteiger partial charge >= 0.3 is 0 Å². The highest BCUT2D eigenvalue weighted by Crippen LogP contribution is 2.37. The molecule has 8 nitrogen and oxygen atoms in total. The van der Waals surface area contributed by atoms with Crippen LogP contribution in [0.15, 0.2) is 34.9 Å². The second kappa shape index (κ2) is 10.0. The number of methoxy groups -OCH3 is 1. The molecule has 0 radical (unpaired) electrons. The number of halogens is 1. The van der Waals surface area contributed by atoms with Crippen molar-refractivity contribution in [1.29, 1.82) is 0 Å². The fourth-order valence-corrected chi connectivity index (χ4v) is 1.65. The molecule has 126 valence electrons. The molecule has 1 aromatic heterocycles. The van der Waals surface area contributed by atoms with Crippen molar-refractivity contribution in [1.82, 2.24) is 11.0 Å². The van der Waals surface area contributed by atoms with Crippen LogP contribution in [0.2, 0.25) is 0 Å². The molecule has 1 aromatic carbocycles. The number of nitrogens with two attached hydrogens (primary N) is 1. The van der Waals surface area contributed by atoms with Gasteiger partial charge in [0, 0.05) is 7.05 Å². The average molecular weight is 326 g/mol. The number of anilines is 1. The summed E-state index contributed by atoms with van der Waals surface area (Å²) in [7, 11) is 3.13. The molecule has 0 fully saturated rings. The van der Waals surface area contributed by atoms with Crippen LogP contribution in [0, 0.1) is 5.82 Å². The van der Waals surface area contributed by atoms with E-state index in [4.69, 9.17) is 18.7 Å². The summed E-state index contributed by atoms with van der Waals surface area (Å²) in [6.07, 6.45) is 2.00. The van der Waals surface area contributed by atoms with Gasteiger partial charge in [-0.3, -0.25) is 16.1 Å². The largest absolute Gasteiger partial charge is 0.493 e. The normalized spacial score (nSPS) is 9.39. The molecule has 0 saturated carbocycles. The Bertz CT molecular complexity index is 593. The Kier molecular flexibility index (Phi) is 7.97. The lowest BCUT2D eigenvalue weighted by atomic mass is 10.2. The monoisotopic (exact) mass is 326 g/mol. The highest BCUT2D eigenvalue weighted by Gasteiger charge is 2.15. The Hall–Kier alpha value is -2.78. The van der Waals surface area contributed by atoms with Crippen molar-refractivity contribution >= 4 is 12.1 Å². The molecule has 5 N–H and O–H groups in total. The summed E-state index contributed by atoms with van der Waals surface area (Å²) in [6.45, 7) is 0.210. The summed E-state index contributed by atoms with van der Waals surface area (Å²) in [5.74, 6) is 5.60. The molecule has 0 aliphatic heterocycles. The van der Waals surface area contributed by atoms with Gasteiger partial charge in [0.25, 0.3) is 0 Å².